The van der Waals surface area contributed by atoms with Gasteiger partial charge in [0.25, 0.3) is 26.1 Å². The van der Waals surface area contributed by atoms with Crippen molar-refractivity contribution in [2.45, 2.75) is 49.6 Å². The second kappa shape index (κ2) is 23.1. The standard InChI is InChI=1S/C22H25N5O3S.C21H24FN7O4S/c1-2-6-18-10-9-17(13-19(18)31(28,29)30)15-21-25-20(14-16-7-4-3-5-8-16)26-22(27-21)24-12-11-23;1-13-8-9-16(12-17(13)34(31,32)33)26-21-28-19(24-11-10-23-18(30)14(2)22)27-20(29-21)25-15-6-4-3-5-7-15/h2-10,13H,11-12,14-15,23H2,1H3,(H,28,29,30)(H,24,25,26,27);3-9,12,14H,10-11H2,1-2H3,(H,23,30)(H,31,32,33)(H3,24,25,26,27,28,29)/b6-2+;/i;22-1. The summed E-state index contributed by atoms with van der Waals surface area (Å²) in [5, 5.41) is 14.4. The maximum absolute atomic E-state index is 13.0. The number of rotatable bonds is 19. The van der Waals surface area contributed by atoms with Crippen molar-refractivity contribution in [3.63, 3.8) is 0 Å². The third-order valence-corrected chi connectivity index (χ3v) is 10.8. The van der Waals surface area contributed by atoms with Crippen LogP contribution in [0.1, 0.15) is 47.8 Å². The van der Waals surface area contributed by atoms with Crippen LogP contribution in [0.5, 0.6) is 0 Å². The lowest BCUT2D eigenvalue weighted by Gasteiger charge is -2.13. The number of para-hydroxylation sites is 1. The Bertz CT molecular complexity index is 2810. The quantitative estimate of drug-likeness (QED) is 0.0367. The fourth-order valence-corrected chi connectivity index (χ4v) is 7.37. The fourth-order valence-electron chi connectivity index (χ4n) is 5.88. The number of aromatic nitrogens is 6. The number of hydrogen-bond acceptors (Lipinski definition) is 16. The molecule has 0 radical (unpaired) electrons. The number of halogens is 1. The van der Waals surface area contributed by atoms with Crippen molar-refractivity contribution in [3.8, 4) is 0 Å². The Hall–Kier alpha value is -6.98. The van der Waals surface area contributed by atoms with E-state index in [0.29, 0.717) is 59.5 Å². The van der Waals surface area contributed by atoms with Gasteiger partial charge in [0.05, 0.1) is 4.90 Å². The van der Waals surface area contributed by atoms with E-state index in [0.717, 1.165) is 18.2 Å². The third kappa shape index (κ3) is 15.7. The van der Waals surface area contributed by atoms with Crippen molar-refractivity contribution in [1.29, 1.82) is 0 Å². The van der Waals surface area contributed by atoms with Crippen LogP contribution in [-0.4, -0.2) is 94.1 Å². The molecule has 0 bridgehead atoms. The van der Waals surface area contributed by atoms with Crippen LogP contribution in [-0.2, 0) is 37.9 Å². The van der Waals surface area contributed by atoms with Crippen LogP contribution in [0, 0.1) is 6.92 Å². The first-order chi connectivity index (χ1) is 31.0. The number of alkyl halides is 1. The van der Waals surface area contributed by atoms with Gasteiger partial charge in [-0.3, -0.25) is 13.9 Å². The summed E-state index contributed by atoms with van der Waals surface area (Å²) in [5.74, 6) is 1.21. The van der Waals surface area contributed by atoms with Gasteiger partial charge in [0.1, 0.15) is 16.5 Å². The van der Waals surface area contributed by atoms with E-state index in [4.69, 9.17) is 5.73 Å². The first-order valence-electron chi connectivity index (χ1n) is 20.0. The molecule has 1 unspecified atom stereocenters. The zero-order chi connectivity index (χ0) is 47.0. The van der Waals surface area contributed by atoms with Gasteiger partial charge >= 0.3 is 0 Å². The number of nitrogens with zero attached hydrogens (tertiary/aromatic N) is 6. The molecule has 2 heterocycles. The first kappa shape index (κ1) is 49.0. The molecule has 4 aromatic carbocycles. The van der Waals surface area contributed by atoms with E-state index in [1.54, 1.807) is 44.2 Å². The van der Waals surface area contributed by atoms with Gasteiger partial charge in [-0.2, -0.15) is 41.8 Å². The number of benzene rings is 4. The lowest BCUT2D eigenvalue weighted by molar-refractivity contribution is -0.125. The van der Waals surface area contributed by atoms with Gasteiger partial charge in [0, 0.05) is 50.4 Å². The Morgan fingerprint density at radius 3 is 1.85 bits per heavy atom. The smallest absolute Gasteiger partial charge is 0.295 e. The Labute approximate surface area is 376 Å². The topological polar surface area (TPSA) is 289 Å². The van der Waals surface area contributed by atoms with Gasteiger partial charge in [-0.25, -0.2) is 9.37 Å². The van der Waals surface area contributed by atoms with Crippen LogP contribution >= 0.6 is 0 Å². The molecule has 19 nitrogen and oxygen atoms in total. The van der Waals surface area contributed by atoms with Gasteiger partial charge in [-0.1, -0.05) is 78.9 Å². The van der Waals surface area contributed by atoms with E-state index in [-0.39, 0.29) is 47.1 Å². The number of carbonyl (C=O) groups excluding carboxylic acids is 1. The SMILES string of the molecule is C/C=C/c1ccc(Cc2nc(Cc3ccccc3)nc(NCCN)n2)cc1S(=O)(=O)O.Cc1ccc(Nc2nc(NCCNC(=O)C(C)[18F])nc(Nc3ccccc3)n2)cc1S(=O)(=O)O. The molecule has 6 aromatic rings. The average Bonchev–Trinajstić information content (AvgIpc) is 3.25. The van der Waals surface area contributed by atoms with Gasteiger partial charge in [0.15, 0.2) is 6.17 Å². The number of amides is 1. The van der Waals surface area contributed by atoms with Crippen molar-refractivity contribution in [2.75, 3.05) is 47.4 Å². The largest absolute Gasteiger partial charge is 0.353 e. The maximum atomic E-state index is 13.0. The van der Waals surface area contributed by atoms with Gasteiger partial charge < -0.3 is 32.3 Å². The number of hydrogen-bond donors (Lipinski definition) is 8. The number of anilines is 6. The lowest BCUT2D eigenvalue weighted by Crippen LogP contribution is -2.34. The molecular formula is C43H49FN12O7S2. The summed E-state index contributed by atoms with van der Waals surface area (Å²) in [5.41, 5.74) is 9.13. The molecule has 0 fully saturated rings. The summed E-state index contributed by atoms with van der Waals surface area (Å²) in [6, 6.07) is 28.3. The molecule has 6 rings (SSSR count). The van der Waals surface area contributed by atoms with Gasteiger partial charge in [-0.05, 0) is 73.4 Å². The summed E-state index contributed by atoms with van der Waals surface area (Å²) in [4.78, 5) is 37.3. The van der Waals surface area contributed by atoms with Crippen molar-refractivity contribution < 1.29 is 35.1 Å². The fraction of sp³-hybridized carbons (Fsp3) is 0.233. The molecule has 2 aromatic heterocycles. The van der Waals surface area contributed by atoms with Crippen LogP contribution in [0.15, 0.2) is 113 Å². The van der Waals surface area contributed by atoms with Gasteiger partial charge in [-0.15, -0.1) is 0 Å². The number of nitrogens with two attached hydrogens (primary N) is 1. The first-order valence-corrected chi connectivity index (χ1v) is 22.9. The van der Waals surface area contributed by atoms with E-state index in [9.17, 15) is 35.1 Å². The number of aryl methyl sites for hydroxylation is 1. The van der Waals surface area contributed by atoms with Crippen molar-refractivity contribution in [2.24, 2.45) is 5.73 Å². The highest BCUT2D eigenvalue weighted by molar-refractivity contribution is 7.86. The normalized spacial score (nSPS) is 11.9. The van der Waals surface area contributed by atoms with E-state index in [1.165, 1.54) is 18.2 Å². The van der Waals surface area contributed by atoms with Crippen LogP contribution < -0.4 is 32.3 Å². The maximum Gasteiger partial charge on any atom is 0.295 e. The Balaban J connectivity index is 0.000000245. The number of allylic oxidation sites excluding steroid dienone is 1. The second-order valence-electron chi connectivity index (χ2n) is 14.1. The van der Waals surface area contributed by atoms with Crippen LogP contribution in [0.4, 0.5) is 39.6 Å². The Kier molecular flexibility index (Phi) is 17.4. The highest BCUT2D eigenvalue weighted by atomic mass is 32.2. The molecule has 0 aliphatic rings. The van der Waals surface area contributed by atoms with E-state index in [1.807, 2.05) is 60.7 Å². The van der Waals surface area contributed by atoms with Gasteiger partial charge in [0.2, 0.25) is 23.8 Å². The number of carbonyl (C=O) groups is 1. The minimum Gasteiger partial charge on any atom is -0.353 e. The van der Waals surface area contributed by atoms with Crippen molar-refractivity contribution in [3.05, 3.63) is 137 Å². The summed E-state index contributed by atoms with van der Waals surface area (Å²) in [7, 11) is -8.78. The molecule has 0 aliphatic carbocycles. The van der Waals surface area contributed by atoms with E-state index >= 15 is 0 Å². The molecule has 0 saturated carbocycles. The van der Waals surface area contributed by atoms with E-state index in [2.05, 4.69) is 56.5 Å². The summed E-state index contributed by atoms with van der Waals surface area (Å²) in [6.45, 7) is 5.77. The molecule has 342 valence electrons. The highest BCUT2D eigenvalue weighted by Crippen LogP contribution is 2.24. The molecule has 9 N–H and O–H groups in total. The lowest BCUT2D eigenvalue weighted by atomic mass is 10.1. The van der Waals surface area contributed by atoms with Crippen molar-refractivity contribution in [1.82, 2.24) is 35.2 Å². The van der Waals surface area contributed by atoms with E-state index < -0.39 is 32.3 Å². The Morgan fingerprint density at radius 2 is 1.25 bits per heavy atom. The predicted molar refractivity (Wildman–Crippen MR) is 246 cm³/mol. The molecule has 1 amide bonds. The van der Waals surface area contributed by atoms with Crippen LogP contribution in [0.3, 0.4) is 0 Å². The molecule has 1 atom stereocenters. The molecule has 0 spiro atoms. The molecule has 65 heavy (non-hydrogen) atoms. The minimum absolute atomic E-state index is 0.0856. The Morgan fingerprint density at radius 1 is 0.677 bits per heavy atom. The second-order valence-corrected chi connectivity index (χ2v) is 16.9. The molecule has 22 heteroatoms. The molecule has 0 aliphatic heterocycles. The predicted octanol–water partition coefficient (Wildman–Crippen LogP) is 5.50. The van der Waals surface area contributed by atoms with Crippen LogP contribution in [0.2, 0.25) is 0 Å². The zero-order valence-electron chi connectivity index (χ0n) is 35.6. The monoisotopic (exact) mass is 927 g/mol. The average molecular weight is 928 g/mol. The third-order valence-electron chi connectivity index (χ3n) is 8.88. The summed E-state index contributed by atoms with van der Waals surface area (Å²) in [6.07, 6.45) is 2.53. The minimum atomic E-state index is -4.41. The van der Waals surface area contributed by atoms with Crippen LogP contribution in [0.25, 0.3) is 6.08 Å². The summed E-state index contributed by atoms with van der Waals surface area (Å²) >= 11 is 0. The highest BCUT2D eigenvalue weighted by Gasteiger charge is 2.18. The molecular weight excluding hydrogens is 879 g/mol. The number of nitrogens with one attached hydrogen (secondary N) is 5. The summed E-state index contributed by atoms with van der Waals surface area (Å²) < 4.78 is 78.9. The zero-order valence-corrected chi connectivity index (χ0v) is 37.2. The molecule has 0 saturated heterocycles. The van der Waals surface area contributed by atoms with Crippen molar-refractivity contribution >= 4 is 67.4 Å².